The van der Waals surface area contributed by atoms with Crippen LogP contribution in [0.15, 0.2) is 24.4 Å². The highest BCUT2D eigenvalue weighted by Gasteiger charge is 2.33. The molecule has 1 N–H and O–H groups in total. The van der Waals surface area contributed by atoms with E-state index in [2.05, 4.69) is 15.4 Å². The summed E-state index contributed by atoms with van der Waals surface area (Å²) in [6.07, 6.45) is 1.67. The number of aryl methyl sites for hydroxylation is 2. The number of carbonyl (C=O) groups is 1. The number of hydrogen-bond donors (Lipinski definition) is 1. The standard InChI is InChI=1S/C18H25N5O2/c1-12-8-13(2)23(21-12)16-7-6-15(9-19-16)20-17(24)22-10-14(3)25-18(4,5)11-22/h6-9,14H,10-11H2,1-5H3,(H,20,24). The molecule has 0 aromatic carbocycles. The van der Waals surface area contributed by atoms with Crippen molar-refractivity contribution < 1.29 is 9.53 Å². The van der Waals surface area contributed by atoms with Crippen molar-refractivity contribution in [2.45, 2.75) is 46.3 Å². The Balaban J connectivity index is 1.69. The van der Waals surface area contributed by atoms with Gasteiger partial charge in [0.2, 0.25) is 0 Å². The van der Waals surface area contributed by atoms with Gasteiger partial charge in [0.25, 0.3) is 0 Å². The molecule has 7 heteroatoms. The van der Waals surface area contributed by atoms with E-state index in [4.69, 9.17) is 4.74 Å². The predicted octanol–water partition coefficient (Wildman–Crippen LogP) is 2.92. The molecule has 1 fully saturated rings. The average molecular weight is 343 g/mol. The van der Waals surface area contributed by atoms with E-state index >= 15 is 0 Å². The van der Waals surface area contributed by atoms with Gasteiger partial charge in [-0.3, -0.25) is 0 Å². The zero-order valence-corrected chi connectivity index (χ0v) is 15.4. The molecule has 1 atom stereocenters. The number of aromatic nitrogens is 3. The molecule has 1 saturated heterocycles. The molecular weight excluding hydrogens is 318 g/mol. The van der Waals surface area contributed by atoms with E-state index in [9.17, 15) is 4.79 Å². The molecule has 2 aromatic rings. The Morgan fingerprint density at radius 3 is 2.68 bits per heavy atom. The van der Waals surface area contributed by atoms with Gasteiger partial charge in [0.15, 0.2) is 5.82 Å². The van der Waals surface area contributed by atoms with Gasteiger partial charge in [-0.05, 0) is 52.8 Å². The zero-order chi connectivity index (χ0) is 18.2. The molecule has 3 rings (SSSR count). The van der Waals surface area contributed by atoms with Gasteiger partial charge < -0.3 is 15.0 Å². The number of nitrogens with zero attached hydrogens (tertiary/aromatic N) is 4. The SMILES string of the molecule is Cc1cc(C)n(-c2ccc(NC(=O)N3CC(C)OC(C)(C)C3)cn2)n1. The van der Waals surface area contributed by atoms with Crippen LogP contribution in [-0.2, 0) is 4.74 Å². The van der Waals surface area contributed by atoms with Crippen molar-refractivity contribution in [1.29, 1.82) is 0 Å². The van der Waals surface area contributed by atoms with E-state index in [1.165, 1.54) is 0 Å². The molecule has 0 bridgehead atoms. The molecule has 7 nitrogen and oxygen atoms in total. The summed E-state index contributed by atoms with van der Waals surface area (Å²) in [6, 6.07) is 5.55. The van der Waals surface area contributed by atoms with Crippen molar-refractivity contribution >= 4 is 11.7 Å². The van der Waals surface area contributed by atoms with Crippen LogP contribution in [0.1, 0.15) is 32.2 Å². The van der Waals surface area contributed by atoms with Crippen LogP contribution in [-0.4, -0.2) is 50.5 Å². The van der Waals surface area contributed by atoms with Gasteiger partial charge >= 0.3 is 6.03 Å². The summed E-state index contributed by atoms with van der Waals surface area (Å²) in [6.45, 7) is 11.0. The Morgan fingerprint density at radius 2 is 2.12 bits per heavy atom. The molecule has 0 aliphatic carbocycles. The molecule has 0 spiro atoms. The highest BCUT2D eigenvalue weighted by atomic mass is 16.5. The van der Waals surface area contributed by atoms with E-state index in [-0.39, 0.29) is 17.7 Å². The lowest BCUT2D eigenvalue weighted by Crippen LogP contribution is -2.54. The zero-order valence-electron chi connectivity index (χ0n) is 15.4. The maximum atomic E-state index is 12.5. The quantitative estimate of drug-likeness (QED) is 0.910. The fraction of sp³-hybridized carbons (Fsp3) is 0.500. The summed E-state index contributed by atoms with van der Waals surface area (Å²) < 4.78 is 7.62. The third-order valence-electron chi connectivity index (χ3n) is 4.08. The first kappa shape index (κ1) is 17.4. The van der Waals surface area contributed by atoms with E-state index in [0.29, 0.717) is 18.8 Å². The van der Waals surface area contributed by atoms with Crippen molar-refractivity contribution in [2.24, 2.45) is 0 Å². The molecule has 0 saturated carbocycles. The molecule has 1 unspecified atom stereocenters. The van der Waals surface area contributed by atoms with E-state index in [0.717, 1.165) is 17.2 Å². The first-order chi connectivity index (χ1) is 11.7. The van der Waals surface area contributed by atoms with Gasteiger partial charge in [0, 0.05) is 12.2 Å². The van der Waals surface area contributed by atoms with Crippen molar-refractivity contribution in [3.05, 3.63) is 35.8 Å². The summed E-state index contributed by atoms with van der Waals surface area (Å²) in [5, 5.41) is 7.32. The van der Waals surface area contributed by atoms with Gasteiger partial charge in [-0.25, -0.2) is 14.5 Å². The first-order valence-electron chi connectivity index (χ1n) is 8.47. The second-order valence-electron chi connectivity index (χ2n) is 7.24. The Labute approximate surface area is 148 Å². The van der Waals surface area contributed by atoms with Crippen LogP contribution < -0.4 is 5.32 Å². The fourth-order valence-electron chi connectivity index (χ4n) is 3.26. The molecule has 1 aliphatic rings. The minimum Gasteiger partial charge on any atom is -0.369 e. The van der Waals surface area contributed by atoms with Crippen molar-refractivity contribution in [1.82, 2.24) is 19.7 Å². The van der Waals surface area contributed by atoms with Crippen LogP contribution in [0.25, 0.3) is 5.82 Å². The maximum absolute atomic E-state index is 12.5. The van der Waals surface area contributed by atoms with Gasteiger partial charge in [-0.2, -0.15) is 5.10 Å². The summed E-state index contributed by atoms with van der Waals surface area (Å²) in [4.78, 5) is 18.7. The van der Waals surface area contributed by atoms with Crippen LogP contribution in [0.4, 0.5) is 10.5 Å². The number of hydrogen-bond acceptors (Lipinski definition) is 4. The summed E-state index contributed by atoms with van der Waals surface area (Å²) in [5.41, 5.74) is 2.28. The predicted molar refractivity (Wildman–Crippen MR) is 96.1 cm³/mol. The van der Waals surface area contributed by atoms with E-state index in [1.807, 2.05) is 52.8 Å². The fourth-order valence-corrected chi connectivity index (χ4v) is 3.26. The number of morpholine rings is 1. The molecule has 3 heterocycles. The average Bonchev–Trinajstić information content (AvgIpc) is 2.84. The maximum Gasteiger partial charge on any atom is 0.322 e. The number of anilines is 1. The van der Waals surface area contributed by atoms with E-state index < -0.39 is 0 Å². The third kappa shape index (κ3) is 3.99. The number of urea groups is 1. The monoisotopic (exact) mass is 343 g/mol. The summed E-state index contributed by atoms with van der Waals surface area (Å²) in [5.74, 6) is 0.727. The van der Waals surface area contributed by atoms with Gasteiger partial charge in [0.1, 0.15) is 0 Å². The number of ether oxygens (including phenoxy) is 1. The minimum atomic E-state index is -0.341. The lowest BCUT2D eigenvalue weighted by Gasteiger charge is -2.41. The Kier molecular flexibility index (Phi) is 4.51. The molecule has 1 aliphatic heterocycles. The highest BCUT2D eigenvalue weighted by Crippen LogP contribution is 2.21. The Hall–Kier alpha value is -2.41. The Morgan fingerprint density at radius 1 is 1.36 bits per heavy atom. The smallest absolute Gasteiger partial charge is 0.322 e. The second-order valence-corrected chi connectivity index (χ2v) is 7.24. The number of carbonyl (C=O) groups excluding carboxylic acids is 1. The lowest BCUT2D eigenvalue weighted by atomic mass is 10.1. The normalized spacial score (nSPS) is 19.7. The largest absolute Gasteiger partial charge is 0.369 e. The van der Waals surface area contributed by atoms with Crippen LogP contribution in [0.2, 0.25) is 0 Å². The molecule has 134 valence electrons. The molecule has 25 heavy (non-hydrogen) atoms. The van der Waals surface area contributed by atoms with Crippen LogP contribution in [0.3, 0.4) is 0 Å². The number of nitrogens with one attached hydrogen (secondary N) is 1. The van der Waals surface area contributed by atoms with Crippen LogP contribution >= 0.6 is 0 Å². The molecule has 0 radical (unpaired) electrons. The molecule has 2 amide bonds. The highest BCUT2D eigenvalue weighted by molar-refractivity contribution is 5.89. The van der Waals surface area contributed by atoms with Crippen molar-refractivity contribution in [2.75, 3.05) is 18.4 Å². The van der Waals surface area contributed by atoms with Crippen LogP contribution in [0, 0.1) is 13.8 Å². The summed E-state index contributed by atoms with van der Waals surface area (Å²) in [7, 11) is 0. The molecular formula is C18H25N5O2. The number of pyridine rings is 1. The van der Waals surface area contributed by atoms with Crippen LogP contribution in [0.5, 0.6) is 0 Å². The molecule has 2 aromatic heterocycles. The summed E-state index contributed by atoms with van der Waals surface area (Å²) >= 11 is 0. The van der Waals surface area contributed by atoms with Crippen molar-refractivity contribution in [3.8, 4) is 5.82 Å². The third-order valence-corrected chi connectivity index (χ3v) is 4.08. The topological polar surface area (TPSA) is 72.3 Å². The van der Waals surface area contributed by atoms with Crippen molar-refractivity contribution in [3.63, 3.8) is 0 Å². The Bertz CT molecular complexity index is 766. The first-order valence-corrected chi connectivity index (χ1v) is 8.47. The van der Waals surface area contributed by atoms with Gasteiger partial charge in [-0.15, -0.1) is 0 Å². The number of amides is 2. The number of rotatable bonds is 2. The van der Waals surface area contributed by atoms with E-state index in [1.54, 1.807) is 15.8 Å². The minimum absolute atomic E-state index is 0.0148. The van der Waals surface area contributed by atoms with Gasteiger partial charge in [-0.1, -0.05) is 0 Å². The van der Waals surface area contributed by atoms with Gasteiger partial charge in [0.05, 0.1) is 35.8 Å². The lowest BCUT2D eigenvalue weighted by molar-refractivity contribution is -0.116. The second kappa shape index (κ2) is 6.48.